The summed E-state index contributed by atoms with van der Waals surface area (Å²) >= 11 is 9.79. The maximum absolute atomic E-state index is 12.5. The van der Waals surface area contributed by atoms with Gasteiger partial charge in [-0.1, -0.05) is 11.6 Å². The first-order chi connectivity index (χ1) is 19.3. The number of halogens is 2. The summed E-state index contributed by atoms with van der Waals surface area (Å²) in [5.74, 6) is 1.30. The van der Waals surface area contributed by atoms with Crippen molar-refractivity contribution in [3.8, 4) is 29.0 Å². The first kappa shape index (κ1) is 28.8. The Morgan fingerprint density at radius 1 is 1.12 bits per heavy atom. The van der Waals surface area contributed by atoms with Gasteiger partial charge in [-0.05, 0) is 91.3 Å². The minimum absolute atomic E-state index is 0.0806. The maximum atomic E-state index is 12.5. The molecule has 40 heavy (non-hydrogen) atoms. The number of benzene rings is 2. The molecule has 2 aromatic carbocycles. The van der Waals surface area contributed by atoms with Crippen LogP contribution in [0.25, 0.3) is 5.69 Å². The first-order valence-corrected chi connectivity index (χ1v) is 13.4. The lowest BCUT2D eigenvalue weighted by molar-refractivity contribution is 0.0923. The lowest BCUT2D eigenvalue weighted by atomic mass is 10.2. The van der Waals surface area contributed by atoms with Gasteiger partial charge in [0.1, 0.15) is 29.2 Å². The number of nitrogens with one attached hydrogen (secondary N) is 1. The van der Waals surface area contributed by atoms with E-state index in [0.29, 0.717) is 33.9 Å². The fraction of sp³-hybridized carbons (Fsp3) is 0.207. The minimum atomic E-state index is -0.537. The standard InChI is InChI=1S/C29H26BrClN4O5/c1-4-37-25-15-20(26(30)27(31)28(25)38-14-13-32)16-33-34-29(36)24-12-11-23(40-24)17-39-22-9-7-21(8-10-22)35-18(2)5-6-19(35)3/h5-12,15-16H,4,14,17H2,1-3H3,(H,34,36)/b33-16+. The molecule has 1 amide bonds. The van der Waals surface area contributed by atoms with E-state index in [1.807, 2.05) is 37.3 Å². The van der Waals surface area contributed by atoms with Gasteiger partial charge in [0, 0.05) is 27.1 Å². The highest BCUT2D eigenvalue weighted by atomic mass is 79.9. The Morgan fingerprint density at radius 3 is 2.52 bits per heavy atom. The number of hydrogen-bond donors (Lipinski definition) is 1. The Balaban J connectivity index is 1.36. The Labute approximate surface area is 245 Å². The number of aromatic nitrogens is 1. The Hall–Kier alpha value is -4.20. The number of nitrogens with zero attached hydrogens (tertiary/aromatic N) is 3. The number of hydrazone groups is 1. The van der Waals surface area contributed by atoms with Gasteiger partial charge in [0.25, 0.3) is 0 Å². The van der Waals surface area contributed by atoms with Crippen molar-refractivity contribution in [2.45, 2.75) is 27.4 Å². The second kappa shape index (κ2) is 13.2. The van der Waals surface area contributed by atoms with Gasteiger partial charge >= 0.3 is 5.91 Å². The molecule has 2 heterocycles. The average Bonchev–Trinajstić information content (AvgIpc) is 3.56. The van der Waals surface area contributed by atoms with Crippen molar-refractivity contribution in [2.24, 2.45) is 5.10 Å². The van der Waals surface area contributed by atoms with E-state index in [2.05, 4.69) is 57.0 Å². The molecule has 4 aromatic rings. The highest BCUT2D eigenvalue weighted by Gasteiger charge is 2.18. The molecule has 4 rings (SSSR count). The van der Waals surface area contributed by atoms with Crippen molar-refractivity contribution in [3.63, 3.8) is 0 Å². The van der Waals surface area contributed by atoms with Crippen molar-refractivity contribution in [3.05, 3.63) is 92.6 Å². The van der Waals surface area contributed by atoms with Crippen molar-refractivity contribution < 1.29 is 23.4 Å². The van der Waals surface area contributed by atoms with Crippen LogP contribution in [0.3, 0.4) is 0 Å². The summed E-state index contributed by atoms with van der Waals surface area (Å²) in [6.07, 6.45) is 1.40. The van der Waals surface area contributed by atoms with E-state index in [0.717, 1.165) is 17.1 Å². The number of ether oxygens (including phenoxy) is 3. The van der Waals surface area contributed by atoms with E-state index in [-0.39, 0.29) is 29.7 Å². The van der Waals surface area contributed by atoms with Gasteiger partial charge in [-0.25, -0.2) is 5.43 Å². The van der Waals surface area contributed by atoms with Crippen LogP contribution in [0, 0.1) is 25.2 Å². The van der Waals surface area contributed by atoms with E-state index in [1.54, 1.807) is 18.2 Å². The third-order valence-electron chi connectivity index (χ3n) is 5.74. The third-order valence-corrected chi connectivity index (χ3v) is 7.18. The highest BCUT2D eigenvalue weighted by Crippen LogP contribution is 2.42. The van der Waals surface area contributed by atoms with E-state index in [4.69, 9.17) is 35.5 Å². The summed E-state index contributed by atoms with van der Waals surface area (Å²) in [6, 6.07) is 18.7. The van der Waals surface area contributed by atoms with E-state index < -0.39 is 5.91 Å². The predicted octanol–water partition coefficient (Wildman–Crippen LogP) is 6.75. The second-order valence-electron chi connectivity index (χ2n) is 8.50. The van der Waals surface area contributed by atoms with Gasteiger partial charge in [0.05, 0.1) is 12.8 Å². The van der Waals surface area contributed by atoms with Crippen LogP contribution in [-0.2, 0) is 6.61 Å². The quantitative estimate of drug-likeness (QED) is 0.146. The fourth-order valence-corrected chi connectivity index (χ4v) is 4.57. The van der Waals surface area contributed by atoms with Crippen LogP contribution in [0.4, 0.5) is 0 Å². The SMILES string of the molecule is CCOc1cc(/C=N/NC(=O)c2ccc(COc3ccc(-n4c(C)ccc4C)cc3)o2)c(Br)c(Cl)c1OCC#N. The fourth-order valence-electron chi connectivity index (χ4n) is 3.91. The number of hydrogen-bond acceptors (Lipinski definition) is 7. The molecule has 9 nitrogen and oxygen atoms in total. The smallest absolute Gasteiger partial charge is 0.307 e. The molecule has 11 heteroatoms. The molecule has 0 aliphatic carbocycles. The van der Waals surface area contributed by atoms with E-state index in [1.165, 1.54) is 6.21 Å². The summed E-state index contributed by atoms with van der Waals surface area (Å²) in [7, 11) is 0. The van der Waals surface area contributed by atoms with Crippen LogP contribution in [0.15, 0.2) is 68.6 Å². The predicted molar refractivity (Wildman–Crippen MR) is 155 cm³/mol. The van der Waals surface area contributed by atoms with Crippen molar-refractivity contribution in [2.75, 3.05) is 13.2 Å². The monoisotopic (exact) mass is 624 g/mol. The van der Waals surface area contributed by atoms with Gasteiger partial charge in [0.15, 0.2) is 23.9 Å². The van der Waals surface area contributed by atoms with E-state index in [9.17, 15) is 4.79 Å². The highest BCUT2D eigenvalue weighted by molar-refractivity contribution is 9.10. The first-order valence-electron chi connectivity index (χ1n) is 12.3. The zero-order chi connectivity index (χ0) is 28.6. The number of amides is 1. The molecule has 0 unspecified atom stereocenters. The van der Waals surface area contributed by atoms with Crippen LogP contribution < -0.4 is 19.6 Å². The second-order valence-corrected chi connectivity index (χ2v) is 9.67. The maximum Gasteiger partial charge on any atom is 0.307 e. The number of carbonyl (C=O) groups excluding carboxylic acids is 1. The van der Waals surface area contributed by atoms with Crippen molar-refractivity contribution in [1.29, 1.82) is 5.26 Å². The van der Waals surface area contributed by atoms with Gasteiger partial charge in [0.2, 0.25) is 0 Å². The number of rotatable bonds is 11. The molecule has 206 valence electrons. The number of carbonyl (C=O) groups is 1. The lowest BCUT2D eigenvalue weighted by Crippen LogP contribution is -2.16. The summed E-state index contributed by atoms with van der Waals surface area (Å²) in [5, 5.41) is 13.0. The van der Waals surface area contributed by atoms with Gasteiger partial charge in [-0.2, -0.15) is 10.4 Å². The number of nitriles is 1. The van der Waals surface area contributed by atoms with Crippen LogP contribution in [-0.4, -0.2) is 29.9 Å². The summed E-state index contributed by atoms with van der Waals surface area (Å²) in [5.41, 5.74) is 6.32. The van der Waals surface area contributed by atoms with Crippen LogP contribution >= 0.6 is 27.5 Å². The zero-order valence-electron chi connectivity index (χ0n) is 22.0. The topological polar surface area (TPSA) is 111 Å². The zero-order valence-corrected chi connectivity index (χ0v) is 24.4. The Morgan fingerprint density at radius 2 is 1.85 bits per heavy atom. The minimum Gasteiger partial charge on any atom is -0.490 e. The van der Waals surface area contributed by atoms with Crippen molar-refractivity contribution in [1.82, 2.24) is 9.99 Å². The summed E-state index contributed by atoms with van der Waals surface area (Å²) in [6.45, 7) is 6.26. The number of furan rings is 1. The van der Waals surface area contributed by atoms with Gasteiger partial charge in [-0.3, -0.25) is 4.79 Å². The Bertz CT molecular complexity index is 1550. The van der Waals surface area contributed by atoms with Crippen LogP contribution in [0.1, 0.15) is 40.2 Å². The molecule has 0 saturated carbocycles. The molecule has 0 radical (unpaired) electrons. The molecule has 0 bridgehead atoms. The molecule has 1 N–H and O–H groups in total. The molecule has 0 spiro atoms. The molecular formula is C29H26BrClN4O5. The van der Waals surface area contributed by atoms with Crippen molar-refractivity contribution >= 4 is 39.7 Å². The largest absolute Gasteiger partial charge is 0.490 e. The average molecular weight is 626 g/mol. The molecule has 0 aliphatic heterocycles. The number of aryl methyl sites for hydroxylation is 2. The van der Waals surface area contributed by atoms with E-state index >= 15 is 0 Å². The van der Waals surface area contributed by atoms with Gasteiger partial charge in [-0.15, -0.1) is 0 Å². The Kier molecular flexibility index (Phi) is 9.53. The van der Waals surface area contributed by atoms with Crippen LogP contribution in [0.5, 0.6) is 17.2 Å². The summed E-state index contributed by atoms with van der Waals surface area (Å²) in [4.78, 5) is 12.5. The third kappa shape index (κ3) is 6.68. The normalized spacial score (nSPS) is 10.9. The molecule has 0 atom stereocenters. The van der Waals surface area contributed by atoms with Gasteiger partial charge < -0.3 is 23.2 Å². The molecular weight excluding hydrogens is 600 g/mol. The van der Waals surface area contributed by atoms with Crippen LogP contribution in [0.2, 0.25) is 5.02 Å². The molecule has 0 fully saturated rings. The molecule has 2 aromatic heterocycles. The molecule has 0 saturated heterocycles. The lowest BCUT2D eigenvalue weighted by Gasteiger charge is -2.14. The summed E-state index contributed by atoms with van der Waals surface area (Å²) < 4.78 is 25.1. The molecule has 0 aliphatic rings.